The van der Waals surface area contributed by atoms with Crippen LogP contribution in [0.25, 0.3) is 0 Å². The van der Waals surface area contributed by atoms with E-state index in [4.69, 9.17) is 4.84 Å². The van der Waals surface area contributed by atoms with E-state index >= 15 is 0 Å². The first-order chi connectivity index (χ1) is 5.86. The molecule has 13 heavy (non-hydrogen) atoms. The zero-order valence-corrected chi connectivity index (χ0v) is 7.79. The molecule has 1 aliphatic rings. The van der Waals surface area contributed by atoms with E-state index in [0.717, 1.165) is 0 Å². The molecule has 0 N–H and O–H groups in total. The number of hydroxylamine groups is 2. The van der Waals surface area contributed by atoms with Crippen molar-refractivity contribution < 1.29 is 9.63 Å². The van der Waals surface area contributed by atoms with Crippen molar-refractivity contribution in [1.29, 1.82) is 0 Å². The minimum atomic E-state index is 0. The predicted octanol–water partition coefficient (Wildman–Crippen LogP) is 1.63. The van der Waals surface area contributed by atoms with E-state index in [1.54, 1.807) is 0 Å². The monoisotopic (exact) mass is 199 g/mol. The fourth-order valence-electron chi connectivity index (χ4n) is 1.000. The first-order valence-corrected chi connectivity index (χ1v) is 3.89. The summed E-state index contributed by atoms with van der Waals surface area (Å²) in [4.78, 5) is 16.1. The standard InChI is InChI=1S/C9H9NO2.ClH/c11-9-6-7-10(9)12-8-4-2-1-3-5-8;/h1-5H,6-7H2;1H. The van der Waals surface area contributed by atoms with E-state index in [1.807, 2.05) is 30.3 Å². The average molecular weight is 200 g/mol. The number of amides is 1. The molecular weight excluding hydrogens is 190 g/mol. The van der Waals surface area contributed by atoms with Gasteiger partial charge in [-0.15, -0.1) is 12.4 Å². The molecule has 1 heterocycles. The molecule has 1 aromatic carbocycles. The van der Waals surface area contributed by atoms with Crippen molar-refractivity contribution in [3.63, 3.8) is 0 Å². The highest BCUT2D eigenvalue weighted by molar-refractivity contribution is 5.85. The Labute approximate surface area is 82.7 Å². The molecule has 1 aromatic rings. The maximum Gasteiger partial charge on any atom is 0.257 e. The normalized spacial score (nSPS) is 14.5. The maximum absolute atomic E-state index is 10.8. The van der Waals surface area contributed by atoms with Gasteiger partial charge in [-0.1, -0.05) is 18.2 Å². The fourth-order valence-corrected chi connectivity index (χ4v) is 1.000. The van der Waals surface area contributed by atoms with Crippen molar-refractivity contribution in [2.45, 2.75) is 6.42 Å². The first kappa shape index (κ1) is 9.86. The van der Waals surface area contributed by atoms with Gasteiger partial charge in [-0.2, -0.15) is 5.06 Å². The van der Waals surface area contributed by atoms with Crippen LogP contribution in [-0.2, 0) is 4.79 Å². The Morgan fingerprint density at radius 1 is 1.23 bits per heavy atom. The van der Waals surface area contributed by atoms with Crippen LogP contribution in [0.5, 0.6) is 5.75 Å². The molecular formula is C9H10ClNO2. The van der Waals surface area contributed by atoms with E-state index in [2.05, 4.69) is 0 Å². The summed E-state index contributed by atoms with van der Waals surface area (Å²) in [6.07, 6.45) is 0.604. The van der Waals surface area contributed by atoms with Crippen LogP contribution in [0.2, 0.25) is 0 Å². The van der Waals surface area contributed by atoms with E-state index in [9.17, 15) is 4.79 Å². The van der Waals surface area contributed by atoms with Gasteiger partial charge in [0, 0.05) is 0 Å². The van der Waals surface area contributed by atoms with Crippen molar-refractivity contribution in [1.82, 2.24) is 5.06 Å². The van der Waals surface area contributed by atoms with Gasteiger partial charge < -0.3 is 4.84 Å². The van der Waals surface area contributed by atoms with Crippen molar-refractivity contribution in [3.05, 3.63) is 30.3 Å². The summed E-state index contributed by atoms with van der Waals surface area (Å²) in [5.41, 5.74) is 0. The zero-order valence-electron chi connectivity index (χ0n) is 6.97. The molecule has 1 amide bonds. The SMILES string of the molecule is Cl.O=C1CCN1Oc1ccccc1. The molecule has 0 saturated carbocycles. The summed E-state index contributed by atoms with van der Waals surface area (Å²) < 4.78 is 0. The van der Waals surface area contributed by atoms with Crippen LogP contribution in [0.3, 0.4) is 0 Å². The zero-order chi connectivity index (χ0) is 8.39. The van der Waals surface area contributed by atoms with Gasteiger partial charge in [-0.25, -0.2) is 0 Å². The van der Waals surface area contributed by atoms with E-state index in [0.29, 0.717) is 18.7 Å². The van der Waals surface area contributed by atoms with Crippen LogP contribution in [0.4, 0.5) is 0 Å². The quantitative estimate of drug-likeness (QED) is 0.678. The number of β-lactam (4-membered cyclic amide) rings is 1. The highest BCUT2D eigenvalue weighted by Gasteiger charge is 2.25. The summed E-state index contributed by atoms with van der Waals surface area (Å²) in [6, 6.07) is 9.31. The third-order valence-electron chi connectivity index (χ3n) is 1.77. The highest BCUT2D eigenvalue weighted by Crippen LogP contribution is 2.15. The number of rotatable bonds is 2. The molecule has 4 heteroatoms. The molecule has 1 fully saturated rings. The van der Waals surface area contributed by atoms with Crippen LogP contribution in [0.15, 0.2) is 30.3 Å². The van der Waals surface area contributed by atoms with E-state index < -0.39 is 0 Å². The predicted molar refractivity (Wildman–Crippen MR) is 50.6 cm³/mol. The minimum absolute atomic E-state index is 0. The molecule has 70 valence electrons. The van der Waals surface area contributed by atoms with Crippen LogP contribution < -0.4 is 4.84 Å². The molecule has 0 aliphatic carbocycles. The Morgan fingerprint density at radius 3 is 2.38 bits per heavy atom. The van der Waals surface area contributed by atoms with Gasteiger partial charge in [0.05, 0.1) is 13.0 Å². The van der Waals surface area contributed by atoms with Gasteiger partial charge in [-0.3, -0.25) is 4.79 Å². The summed E-state index contributed by atoms with van der Waals surface area (Å²) in [6.45, 7) is 0.702. The Morgan fingerprint density at radius 2 is 1.92 bits per heavy atom. The molecule has 0 aromatic heterocycles. The Balaban J connectivity index is 0.000000845. The lowest BCUT2D eigenvalue weighted by Crippen LogP contribution is -2.45. The number of hydrogen-bond acceptors (Lipinski definition) is 2. The summed E-state index contributed by atoms with van der Waals surface area (Å²) in [5.74, 6) is 0.768. The molecule has 1 saturated heterocycles. The number of benzene rings is 1. The van der Waals surface area contributed by atoms with Crippen LogP contribution in [0.1, 0.15) is 6.42 Å². The summed E-state index contributed by atoms with van der Waals surface area (Å²) in [5, 5.41) is 1.37. The van der Waals surface area contributed by atoms with E-state index in [1.165, 1.54) is 5.06 Å². The molecule has 1 aliphatic heterocycles. The van der Waals surface area contributed by atoms with Crippen LogP contribution >= 0.6 is 12.4 Å². The van der Waals surface area contributed by atoms with Crippen molar-refractivity contribution in [3.8, 4) is 5.75 Å². The molecule has 0 radical (unpaired) electrons. The van der Waals surface area contributed by atoms with Crippen molar-refractivity contribution >= 4 is 18.3 Å². The molecule has 3 nitrogen and oxygen atoms in total. The summed E-state index contributed by atoms with van der Waals surface area (Å²) >= 11 is 0. The second kappa shape index (κ2) is 4.14. The van der Waals surface area contributed by atoms with Gasteiger partial charge in [0.25, 0.3) is 5.91 Å². The van der Waals surface area contributed by atoms with E-state index in [-0.39, 0.29) is 18.3 Å². The topological polar surface area (TPSA) is 29.5 Å². The largest absolute Gasteiger partial charge is 0.377 e. The molecule has 0 bridgehead atoms. The fraction of sp³-hybridized carbons (Fsp3) is 0.222. The lowest BCUT2D eigenvalue weighted by Gasteiger charge is -2.29. The first-order valence-electron chi connectivity index (χ1n) is 3.89. The second-order valence-corrected chi connectivity index (χ2v) is 2.65. The third-order valence-corrected chi connectivity index (χ3v) is 1.77. The maximum atomic E-state index is 10.8. The smallest absolute Gasteiger partial charge is 0.257 e. The Bertz CT molecular complexity index is 289. The third kappa shape index (κ3) is 2.12. The van der Waals surface area contributed by atoms with Crippen LogP contribution in [-0.4, -0.2) is 17.5 Å². The minimum Gasteiger partial charge on any atom is -0.377 e. The van der Waals surface area contributed by atoms with Crippen LogP contribution in [0, 0.1) is 0 Å². The number of carbonyl (C=O) groups is 1. The number of halogens is 1. The number of carbonyl (C=O) groups excluding carboxylic acids is 1. The van der Waals surface area contributed by atoms with Gasteiger partial charge in [0.1, 0.15) is 0 Å². The number of nitrogens with zero attached hydrogens (tertiary/aromatic N) is 1. The Hall–Kier alpha value is -1.22. The number of hydrogen-bond donors (Lipinski definition) is 0. The summed E-state index contributed by atoms with van der Waals surface area (Å²) in [7, 11) is 0. The van der Waals surface area contributed by atoms with Gasteiger partial charge in [-0.05, 0) is 12.1 Å². The molecule has 2 rings (SSSR count). The Kier molecular flexibility index (Phi) is 3.14. The number of para-hydroxylation sites is 1. The van der Waals surface area contributed by atoms with Gasteiger partial charge in [0.2, 0.25) is 0 Å². The molecule has 0 unspecified atom stereocenters. The van der Waals surface area contributed by atoms with Crippen molar-refractivity contribution in [2.75, 3.05) is 6.54 Å². The van der Waals surface area contributed by atoms with Crippen molar-refractivity contribution in [2.24, 2.45) is 0 Å². The molecule has 0 spiro atoms. The van der Waals surface area contributed by atoms with Gasteiger partial charge >= 0.3 is 0 Å². The average Bonchev–Trinajstić information content (AvgIpc) is 2.14. The highest BCUT2D eigenvalue weighted by atomic mass is 35.5. The lowest BCUT2D eigenvalue weighted by molar-refractivity contribution is -0.174. The molecule has 0 atom stereocenters. The van der Waals surface area contributed by atoms with Gasteiger partial charge in [0.15, 0.2) is 5.75 Å². The second-order valence-electron chi connectivity index (χ2n) is 2.65. The lowest BCUT2D eigenvalue weighted by atomic mass is 10.3.